The van der Waals surface area contributed by atoms with Gasteiger partial charge in [-0.05, 0) is 52.3 Å². The lowest BCUT2D eigenvalue weighted by atomic mass is 10.2. The molecule has 0 bridgehead atoms. The van der Waals surface area contributed by atoms with Gasteiger partial charge in [-0.1, -0.05) is 0 Å². The molecule has 0 spiro atoms. The lowest BCUT2D eigenvalue weighted by Crippen LogP contribution is -2.04. The van der Waals surface area contributed by atoms with Crippen LogP contribution < -0.4 is 5.73 Å². The van der Waals surface area contributed by atoms with E-state index < -0.39 is 11.7 Å². The maximum absolute atomic E-state index is 12.7. The molecule has 0 unspecified atom stereocenters. The van der Waals surface area contributed by atoms with Gasteiger partial charge in [0.1, 0.15) is 5.82 Å². The first-order valence-electron chi connectivity index (χ1n) is 5.97. The molecule has 0 saturated carbocycles. The molecule has 1 heterocycles. The van der Waals surface area contributed by atoms with Crippen LogP contribution in [0.3, 0.4) is 0 Å². The number of aromatic amines is 1. The van der Waals surface area contributed by atoms with Gasteiger partial charge in [0.05, 0.1) is 16.6 Å². The third kappa shape index (κ3) is 2.61. The molecule has 0 saturated heterocycles. The number of nitrogens with one attached hydrogen (secondary N) is 1. The highest BCUT2D eigenvalue weighted by Gasteiger charge is 2.30. The van der Waals surface area contributed by atoms with Gasteiger partial charge < -0.3 is 10.7 Å². The van der Waals surface area contributed by atoms with Gasteiger partial charge in [0.2, 0.25) is 0 Å². The first kappa shape index (κ1) is 13.9. The number of aromatic nitrogens is 2. The molecule has 21 heavy (non-hydrogen) atoms. The Morgan fingerprint density at radius 3 is 2.52 bits per heavy atom. The number of fused-ring (bicyclic) bond motifs is 1. The molecule has 7 heteroatoms. The van der Waals surface area contributed by atoms with E-state index in [0.29, 0.717) is 28.1 Å². The van der Waals surface area contributed by atoms with Gasteiger partial charge >= 0.3 is 6.18 Å². The molecule has 3 rings (SSSR count). The monoisotopic (exact) mass is 355 g/mol. The predicted octanol–water partition coefficient (Wildman–Crippen LogP) is 4.59. The summed E-state index contributed by atoms with van der Waals surface area (Å²) in [6.07, 6.45) is -4.37. The largest absolute Gasteiger partial charge is 0.416 e. The minimum Gasteiger partial charge on any atom is -0.398 e. The van der Waals surface area contributed by atoms with Crippen LogP contribution in [0.4, 0.5) is 18.9 Å². The molecule has 0 aliphatic rings. The number of imidazole rings is 1. The third-order valence-electron chi connectivity index (χ3n) is 3.08. The van der Waals surface area contributed by atoms with Gasteiger partial charge in [-0.3, -0.25) is 0 Å². The van der Waals surface area contributed by atoms with E-state index in [1.165, 1.54) is 6.07 Å². The van der Waals surface area contributed by atoms with Crippen molar-refractivity contribution in [3.05, 3.63) is 46.4 Å². The fourth-order valence-corrected chi connectivity index (χ4v) is 2.26. The summed E-state index contributed by atoms with van der Waals surface area (Å²) in [7, 11) is 0. The molecule has 2 aromatic carbocycles. The maximum atomic E-state index is 12.7. The molecule has 3 N–H and O–H groups in total. The number of alkyl halides is 3. The lowest BCUT2D eigenvalue weighted by Gasteiger charge is -2.05. The van der Waals surface area contributed by atoms with Crippen molar-refractivity contribution < 1.29 is 13.2 Å². The predicted molar refractivity (Wildman–Crippen MR) is 78.6 cm³/mol. The number of nitrogens with two attached hydrogens (primary N) is 1. The van der Waals surface area contributed by atoms with E-state index in [1.54, 1.807) is 18.2 Å². The van der Waals surface area contributed by atoms with Crippen molar-refractivity contribution in [1.29, 1.82) is 0 Å². The van der Waals surface area contributed by atoms with Crippen LogP contribution in [0.15, 0.2) is 40.9 Å². The Kier molecular flexibility index (Phi) is 3.16. The normalized spacial score (nSPS) is 12.0. The molecule has 0 aliphatic carbocycles. The molecule has 0 amide bonds. The summed E-state index contributed by atoms with van der Waals surface area (Å²) in [4.78, 5) is 7.17. The second-order valence-corrected chi connectivity index (χ2v) is 5.41. The number of nitrogens with zero attached hydrogens (tertiary/aromatic N) is 1. The van der Waals surface area contributed by atoms with E-state index in [9.17, 15) is 13.2 Å². The molecule has 0 fully saturated rings. The van der Waals surface area contributed by atoms with E-state index >= 15 is 0 Å². The highest BCUT2D eigenvalue weighted by Crippen LogP contribution is 2.32. The van der Waals surface area contributed by atoms with Crippen LogP contribution >= 0.6 is 15.9 Å². The van der Waals surface area contributed by atoms with Gasteiger partial charge in [0.15, 0.2) is 0 Å². The topological polar surface area (TPSA) is 54.7 Å². The molecule has 3 aromatic rings. The molecular weight excluding hydrogens is 347 g/mol. The zero-order valence-electron chi connectivity index (χ0n) is 10.5. The van der Waals surface area contributed by atoms with Crippen molar-refractivity contribution in [2.45, 2.75) is 6.18 Å². The second kappa shape index (κ2) is 4.77. The van der Waals surface area contributed by atoms with Crippen LogP contribution in [-0.2, 0) is 6.18 Å². The molecular formula is C14H9BrF3N3. The zero-order valence-corrected chi connectivity index (χ0v) is 12.1. The lowest BCUT2D eigenvalue weighted by molar-refractivity contribution is -0.137. The number of rotatable bonds is 1. The number of hydrogen-bond acceptors (Lipinski definition) is 2. The highest BCUT2D eigenvalue weighted by atomic mass is 79.9. The first-order chi connectivity index (χ1) is 9.84. The van der Waals surface area contributed by atoms with Crippen LogP contribution in [0.2, 0.25) is 0 Å². The van der Waals surface area contributed by atoms with Crippen LogP contribution in [-0.4, -0.2) is 9.97 Å². The number of nitrogen functional groups attached to an aromatic ring is 1. The molecule has 1 aromatic heterocycles. The van der Waals surface area contributed by atoms with E-state index in [4.69, 9.17) is 5.73 Å². The van der Waals surface area contributed by atoms with Crippen molar-refractivity contribution in [2.75, 3.05) is 5.73 Å². The van der Waals surface area contributed by atoms with Crippen LogP contribution in [0.5, 0.6) is 0 Å². The van der Waals surface area contributed by atoms with E-state index in [-0.39, 0.29) is 0 Å². The summed E-state index contributed by atoms with van der Waals surface area (Å²) in [5.74, 6) is 0.475. The SMILES string of the molecule is Nc1cc(-c2nc3ccc(C(F)(F)F)cc3[nH]2)ccc1Br. The van der Waals surface area contributed by atoms with Gasteiger partial charge in [-0.15, -0.1) is 0 Å². The smallest absolute Gasteiger partial charge is 0.398 e. The van der Waals surface area contributed by atoms with Crippen molar-refractivity contribution in [2.24, 2.45) is 0 Å². The van der Waals surface area contributed by atoms with Crippen LogP contribution in [0, 0.1) is 0 Å². The summed E-state index contributed by atoms with van der Waals surface area (Å²) < 4.78 is 38.8. The number of H-pyrrole nitrogens is 1. The summed E-state index contributed by atoms with van der Waals surface area (Å²) in [6.45, 7) is 0. The summed E-state index contributed by atoms with van der Waals surface area (Å²) in [6, 6.07) is 8.66. The van der Waals surface area contributed by atoms with Gasteiger partial charge in [-0.25, -0.2) is 4.98 Å². The summed E-state index contributed by atoms with van der Waals surface area (Å²) >= 11 is 3.29. The minimum absolute atomic E-state index is 0.335. The molecule has 3 nitrogen and oxygen atoms in total. The minimum atomic E-state index is -4.37. The van der Waals surface area contributed by atoms with Crippen molar-refractivity contribution in [1.82, 2.24) is 9.97 Å². The van der Waals surface area contributed by atoms with Crippen molar-refractivity contribution >= 4 is 32.7 Å². The Bertz CT molecular complexity index is 824. The molecule has 0 aliphatic heterocycles. The van der Waals surface area contributed by atoms with Gasteiger partial charge in [-0.2, -0.15) is 13.2 Å². The van der Waals surface area contributed by atoms with Gasteiger partial charge in [0, 0.05) is 15.7 Å². The quantitative estimate of drug-likeness (QED) is 0.627. The Balaban J connectivity index is 2.10. The number of hydrogen-bond donors (Lipinski definition) is 2. The Morgan fingerprint density at radius 1 is 1.10 bits per heavy atom. The average Bonchev–Trinajstić information content (AvgIpc) is 2.83. The highest BCUT2D eigenvalue weighted by molar-refractivity contribution is 9.10. The van der Waals surface area contributed by atoms with Crippen LogP contribution in [0.25, 0.3) is 22.4 Å². The number of anilines is 1. The number of halogens is 4. The standard InChI is InChI=1S/C14H9BrF3N3/c15-9-3-1-7(5-10(9)19)13-20-11-4-2-8(14(16,17)18)6-12(11)21-13/h1-6H,19H2,(H,20,21). The van der Waals surface area contributed by atoms with E-state index in [1.807, 2.05) is 0 Å². The third-order valence-corrected chi connectivity index (χ3v) is 3.80. The maximum Gasteiger partial charge on any atom is 0.416 e. The fraction of sp³-hybridized carbons (Fsp3) is 0.0714. The van der Waals surface area contributed by atoms with E-state index in [0.717, 1.165) is 16.6 Å². The summed E-state index contributed by atoms with van der Waals surface area (Å²) in [5.41, 5.74) is 7.13. The average molecular weight is 356 g/mol. The molecule has 0 radical (unpaired) electrons. The zero-order chi connectivity index (χ0) is 15.2. The second-order valence-electron chi connectivity index (χ2n) is 4.55. The Labute approximate surface area is 126 Å². The van der Waals surface area contributed by atoms with Crippen LogP contribution in [0.1, 0.15) is 5.56 Å². The fourth-order valence-electron chi connectivity index (χ4n) is 2.01. The van der Waals surface area contributed by atoms with Gasteiger partial charge in [0.25, 0.3) is 0 Å². The molecule has 108 valence electrons. The Morgan fingerprint density at radius 2 is 1.86 bits per heavy atom. The number of benzene rings is 2. The van der Waals surface area contributed by atoms with Crippen molar-refractivity contribution in [3.63, 3.8) is 0 Å². The Hall–Kier alpha value is -2.02. The van der Waals surface area contributed by atoms with E-state index in [2.05, 4.69) is 25.9 Å². The first-order valence-corrected chi connectivity index (χ1v) is 6.76. The summed E-state index contributed by atoms with van der Waals surface area (Å²) in [5, 5.41) is 0. The molecule has 0 atom stereocenters. The van der Waals surface area contributed by atoms with Crippen molar-refractivity contribution in [3.8, 4) is 11.4 Å².